The van der Waals surface area contributed by atoms with Crippen molar-refractivity contribution in [1.82, 2.24) is 4.98 Å². The summed E-state index contributed by atoms with van der Waals surface area (Å²) in [6.07, 6.45) is -0.742. The molecule has 0 radical (unpaired) electrons. The monoisotopic (exact) mass is 270 g/mol. The summed E-state index contributed by atoms with van der Waals surface area (Å²) in [5.41, 5.74) is 5.07. The van der Waals surface area contributed by atoms with Gasteiger partial charge in [0.05, 0.1) is 11.5 Å². The number of nitrogen functional groups attached to an aromatic ring is 1. The zero-order valence-electron chi connectivity index (χ0n) is 10.4. The Kier molecular flexibility index (Phi) is 4.42. The zero-order valence-corrected chi connectivity index (χ0v) is 10.4. The van der Waals surface area contributed by atoms with Crippen LogP contribution in [0.3, 0.4) is 0 Å². The fourth-order valence-electron chi connectivity index (χ4n) is 1.34. The van der Waals surface area contributed by atoms with E-state index < -0.39 is 16.7 Å². The van der Waals surface area contributed by atoms with Crippen molar-refractivity contribution in [2.75, 3.05) is 29.7 Å². The molecule has 0 atom stereocenters. The number of hydrogen-bond donors (Lipinski definition) is 3. The first-order valence-electron chi connectivity index (χ1n) is 5.24. The van der Waals surface area contributed by atoms with Crippen LogP contribution in [0.2, 0.25) is 0 Å². The number of amides is 1. The molecule has 0 aromatic carbocycles. The molecule has 0 unspecified atom stereocenters. The SMILES string of the molecule is CCOC(=O)Nc1cc(N(C)N)c([N+](=O)[O-])c(N)n1. The number of nitro groups is 1. The number of hydrogen-bond acceptors (Lipinski definition) is 8. The van der Waals surface area contributed by atoms with Gasteiger partial charge in [0.15, 0.2) is 0 Å². The number of nitrogens with zero attached hydrogens (tertiary/aromatic N) is 3. The molecule has 1 amide bonds. The lowest BCUT2D eigenvalue weighted by atomic mass is 10.3. The van der Waals surface area contributed by atoms with Gasteiger partial charge in [-0.15, -0.1) is 0 Å². The molecule has 0 bridgehead atoms. The maximum absolute atomic E-state index is 11.2. The number of carbonyl (C=O) groups excluding carboxylic acids is 1. The molecule has 1 rings (SSSR count). The Morgan fingerprint density at radius 2 is 2.32 bits per heavy atom. The highest BCUT2D eigenvalue weighted by Gasteiger charge is 2.23. The summed E-state index contributed by atoms with van der Waals surface area (Å²) in [7, 11) is 1.40. The number of aromatic nitrogens is 1. The summed E-state index contributed by atoms with van der Waals surface area (Å²) in [5, 5.41) is 14.2. The van der Waals surface area contributed by atoms with Gasteiger partial charge in [-0.3, -0.25) is 15.4 Å². The number of ether oxygens (including phenoxy) is 1. The van der Waals surface area contributed by atoms with Gasteiger partial charge in [-0.1, -0.05) is 0 Å². The maximum Gasteiger partial charge on any atom is 0.412 e. The van der Waals surface area contributed by atoms with E-state index in [0.29, 0.717) is 0 Å². The molecule has 1 aromatic rings. The average molecular weight is 270 g/mol. The first-order valence-corrected chi connectivity index (χ1v) is 5.24. The Bertz CT molecular complexity index is 504. The Morgan fingerprint density at radius 1 is 1.68 bits per heavy atom. The van der Waals surface area contributed by atoms with Crippen molar-refractivity contribution < 1.29 is 14.5 Å². The standard InChI is InChI=1S/C9H14N6O4/c1-3-19-9(16)13-6-4-5(14(2)11)7(15(17)18)8(10)12-6/h4H,3,11H2,1-2H3,(H3,10,12,13,16). The average Bonchev–Trinajstić information content (AvgIpc) is 2.27. The van der Waals surface area contributed by atoms with Crippen molar-refractivity contribution in [1.29, 1.82) is 0 Å². The van der Waals surface area contributed by atoms with E-state index >= 15 is 0 Å². The fraction of sp³-hybridized carbons (Fsp3) is 0.333. The van der Waals surface area contributed by atoms with E-state index in [0.717, 1.165) is 5.01 Å². The Morgan fingerprint density at radius 3 is 2.79 bits per heavy atom. The minimum absolute atomic E-state index is 0.00819. The van der Waals surface area contributed by atoms with Crippen LogP contribution < -0.4 is 21.9 Å². The quantitative estimate of drug-likeness (QED) is 0.405. The fourth-order valence-corrected chi connectivity index (χ4v) is 1.34. The third kappa shape index (κ3) is 3.42. The van der Waals surface area contributed by atoms with Gasteiger partial charge < -0.3 is 15.5 Å². The first-order chi connectivity index (χ1) is 8.86. The van der Waals surface area contributed by atoms with E-state index in [1.165, 1.54) is 13.1 Å². The van der Waals surface area contributed by atoms with Gasteiger partial charge in [-0.25, -0.2) is 15.6 Å². The molecule has 0 saturated carbocycles. The van der Waals surface area contributed by atoms with E-state index in [1.54, 1.807) is 6.92 Å². The summed E-state index contributed by atoms with van der Waals surface area (Å²) in [6.45, 7) is 1.81. The first kappa shape index (κ1) is 14.4. The number of hydrazine groups is 1. The number of rotatable bonds is 4. The minimum atomic E-state index is -0.742. The molecule has 19 heavy (non-hydrogen) atoms. The largest absolute Gasteiger partial charge is 0.450 e. The van der Waals surface area contributed by atoms with Crippen LogP contribution in [0.5, 0.6) is 0 Å². The van der Waals surface area contributed by atoms with Crippen molar-refractivity contribution in [2.45, 2.75) is 6.92 Å². The third-order valence-electron chi connectivity index (χ3n) is 2.07. The van der Waals surface area contributed by atoms with Crippen LogP contribution in [0, 0.1) is 10.1 Å². The molecule has 0 fully saturated rings. The molecule has 10 heteroatoms. The third-order valence-corrected chi connectivity index (χ3v) is 2.07. The zero-order chi connectivity index (χ0) is 14.6. The molecule has 1 heterocycles. The van der Waals surface area contributed by atoms with Crippen LogP contribution in [0.25, 0.3) is 0 Å². The number of nitrogens with two attached hydrogens (primary N) is 2. The summed E-state index contributed by atoms with van der Waals surface area (Å²) in [4.78, 5) is 25.1. The van der Waals surface area contributed by atoms with Crippen molar-refractivity contribution in [2.24, 2.45) is 5.84 Å². The maximum atomic E-state index is 11.2. The molecule has 5 N–H and O–H groups in total. The van der Waals surface area contributed by atoms with Gasteiger partial charge in [0, 0.05) is 13.1 Å². The second kappa shape index (κ2) is 5.82. The minimum Gasteiger partial charge on any atom is -0.450 e. The lowest BCUT2D eigenvalue weighted by Crippen LogP contribution is -2.27. The summed E-state index contributed by atoms with van der Waals surface area (Å²) in [5.74, 6) is 5.13. The molecule has 10 nitrogen and oxygen atoms in total. The highest BCUT2D eigenvalue weighted by Crippen LogP contribution is 2.33. The predicted molar refractivity (Wildman–Crippen MR) is 68.5 cm³/mol. The Labute approximate surface area is 108 Å². The van der Waals surface area contributed by atoms with Crippen LogP contribution in [0.15, 0.2) is 6.07 Å². The van der Waals surface area contributed by atoms with Crippen molar-refractivity contribution in [3.63, 3.8) is 0 Å². The van der Waals surface area contributed by atoms with Gasteiger partial charge in [-0.2, -0.15) is 0 Å². The Balaban J connectivity index is 3.17. The predicted octanol–water partition coefficient (Wildman–Crippen LogP) is 0.450. The number of nitrogens with one attached hydrogen (secondary N) is 1. The molecule has 0 aliphatic heterocycles. The highest BCUT2D eigenvalue weighted by molar-refractivity contribution is 5.86. The van der Waals surface area contributed by atoms with E-state index in [9.17, 15) is 14.9 Å². The molecule has 0 aliphatic rings. The lowest BCUT2D eigenvalue weighted by Gasteiger charge is -2.14. The van der Waals surface area contributed by atoms with Gasteiger partial charge >= 0.3 is 11.8 Å². The van der Waals surface area contributed by atoms with Crippen molar-refractivity contribution in [3.05, 3.63) is 16.2 Å². The summed E-state index contributed by atoms with van der Waals surface area (Å²) in [6, 6.07) is 1.23. The highest BCUT2D eigenvalue weighted by atomic mass is 16.6. The number of carbonyl (C=O) groups is 1. The van der Waals surface area contributed by atoms with E-state index in [2.05, 4.69) is 15.0 Å². The second-order valence-electron chi connectivity index (χ2n) is 3.47. The Hall–Kier alpha value is -2.62. The van der Waals surface area contributed by atoms with E-state index in [1.807, 2.05) is 0 Å². The van der Waals surface area contributed by atoms with Gasteiger partial charge in [0.25, 0.3) is 0 Å². The van der Waals surface area contributed by atoms with Crippen LogP contribution in [0.4, 0.5) is 27.8 Å². The topological polar surface area (TPSA) is 150 Å². The van der Waals surface area contributed by atoms with Gasteiger partial charge in [0.1, 0.15) is 11.5 Å². The van der Waals surface area contributed by atoms with Crippen LogP contribution >= 0.6 is 0 Å². The molecule has 0 saturated heterocycles. The van der Waals surface area contributed by atoms with Crippen LogP contribution in [-0.2, 0) is 4.74 Å². The molecule has 104 valence electrons. The number of anilines is 3. The van der Waals surface area contributed by atoms with Gasteiger partial charge in [0.2, 0.25) is 5.82 Å². The van der Waals surface area contributed by atoms with Crippen LogP contribution in [-0.4, -0.2) is 29.7 Å². The lowest BCUT2D eigenvalue weighted by molar-refractivity contribution is -0.383. The molecule has 0 spiro atoms. The summed E-state index contributed by atoms with van der Waals surface area (Å²) >= 11 is 0. The van der Waals surface area contributed by atoms with E-state index in [-0.39, 0.29) is 23.9 Å². The second-order valence-corrected chi connectivity index (χ2v) is 3.47. The normalized spacial score (nSPS) is 9.84. The van der Waals surface area contributed by atoms with E-state index in [4.69, 9.17) is 11.6 Å². The molecule has 1 aromatic heterocycles. The molecule has 0 aliphatic carbocycles. The van der Waals surface area contributed by atoms with Crippen molar-refractivity contribution >= 4 is 29.1 Å². The van der Waals surface area contributed by atoms with Crippen LogP contribution in [0.1, 0.15) is 6.92 Å². The number of pyridine rings is 1. The summed E-state index contributed by atoms with van der Waals surface area (Å²) < 4.78 is 4.65. The van der Waals surface area contributed by atoms with Crippen molar-refractivity contribution in [3.8, 4) is 0 Å². The van der Waals surface area contributed by atoms with Gasteiger partial charge in [-0.05, 0) is 6.92 Å². The molecular weight excluding hydrogens is 256 g/mol. The smallest absolute Gasteiger partial charge is 0.412 e. The molecular formula is C9H14N6O4.